The van der Waals surface area contributed by atoms with Crippen molar-refractivity contribution >= 4 is 11.2 Å². The zero-order chi connectivity index (χ0) is 15.1. The maximum atomic E-state index is 13.6. The molecule has 0 fully saturated rings. The summed E-state index contributed by atoms with van der Waals surface area (Å²) in [5.74, 6) is 1.71. The first-order valence-corrected chi connectivity index (χ1v) is 6.88. The van der Waals surface area contributed by atoms with E-state index in [1.165, 1.54) is 12.1 Å². The van der Waals surface area contributed by atoms with Gasteiger partial charge in [-0.25, -0.2) is 14.4 Å². The summed E-state index contributed by atoms with van der Waals surface area (Å²) in [5, 5.41) is 0. The molecular weight excluding hydrogens is 281 g/mol. The van der Waals surface area contributed by atoms with E-state index in [0.29, 0.717) is 22.9 Å². The molecule has 0 unspecified atom stereocenters. The summed E-state index contributed by atoms with van der Waals surface area (Å²) in [6.45, 7) is 1.87. The van der Waals surface area contributed by atoms with Crippen molar-refractivity contribution in [1.82, 2.24) is 14.5 Å². The smallest absolute Gasteiger partial charge is 0.183 e. The molecule has 0 radical (unpaired) electrons. The van der Waals surface area contributed by atoms with E-state index in [1.54, 1.807) is 16.8 Å². The Kier molecular flexibility index (Phi) is 2.79. The zero-order valence-electron chi connectivity index (χ0n) is 11.8. The van der Waals surface area contributed by atoms with Crippen LogP contribution < -0.4 is 0 Å². The molecule has 0 amide bonds. The van der Waals surface area contributed by atoms with Gasteiger partial charge in [0.25, 0.3) is 0 Å². The van der Waals surface area contributed by atoms with Gasteiger partial charge in [0, 0.05) is 6.20 Å². The highest BCUT2D eigenvalue weighted by molar-refractivity contribution is 5.78. The molecule has 0 saturated carbocycles. The molecule has 0 bridgehead atoms. The van der Waals surface area contributed by atoms with Crippen molar-refractivity contribution in [2.24, 2.45) is 0 Å². The minimum Gasteiger partial charge on any atom is -0.458 e. The number of nitrogens with zero attached hydrogens (tertiary/aromatic N) is 3. The molecule has 4 rings (SSSR count). The van der Waals surface area contributed by atoms with Crippen LogP contribution >= 0.6 is 0 Å². The Hall–Kier alpha value is -2.95. The Labute approximate surface area is 125 Å². The lowest BCUT2D eigenvalue weighted by molar-refractivity contribution is 0.543. The summed E-state index contributed by atoms with van der Waals surface area (Å²) >= 11 is 0. The standard InChI is InChI=1S/C17H12FN3O/c1-11-7-8-15(22-11)17-20-14-6-3-9-19-16(14)21(17)13-5-2-4-12(18)10-13/h2-10H,1H3. The average molecular weight is 293 g/mol. The van der Waals surface area contributed by atoms with Crippen molar-refractivity contribution in [2.45, 2.75) is 6.92 Å². The van der Waals surface area contributed by atoms with Gasteiger partial charge >= 0.3 is 0 Å². The summed E-state index contributed by atoms with van der Waals surface area (Å²) in [5.41, 5.74) is 2.05. The van der Waals surface area contributed by atoms with Gasteiger partial charge in [-0.3, -0.25) is 4.57 Å². The Bertz CT molecular complexity index is 971. The van der Waals surface area contributed by atoms with Crippen LogP contribution in [0, 0.1) is 12.7 Å². The first-order valence-electron chi connectivity index (χ1n) is 6.88. The van der Waals surface area contributed by atoms with Crippen LogP contribution in [0.3, 0.4) is 0 Å². The van der Waals surface area contributed by atoms with Crippen molar-refractivity contribution in [3.63, 3.8) is 0 Å². The summed E-state index contributed by atoms with van der Waals surface area (Å²) in [7, 11) is 0. The lowest BCUT2D eigenvalue weighted by Crippen LogP contribution is -1.98. The molecule has 22 heavy (non-hydrogen) atoms. The maximum Gasteiger partial charge on any atom is 0.183 e. The number of halogens is 1. The molecule has 0 saturated heterocycles. The number of imidazole rings is 1. The molecule has 4 aromatic rings. The van der Waals surface area contributed by atoms with Crippen LogP contribution in [0.25, 0.3) is 28.4 Å². The molecule has 0 aliphatic heterocycles. The molecule has 0 aliphatic carbocycles. The zero-order valence-corrected chi connectivity index (χ0v) is 11.8. The van der Waals surface area contributed by atoms with E-state index < -0.39 is 0 Å². The Balaban J connectivity index is 2.06. The fraction of sp³-hybridized carbons (Fsp3) is 0.0588. The highest BCUT2D eigenvalue weighted by Crippen LogP contribution is 2.28. The van der Waals surface area contributed by atoms with E-state index in [4.69, 9.17) is 4.42 Å². The number of benzene rings is 1. The molecule has 0 aliphatic rings. The van der Waals surface area contributed by atoms with Crippen LogP contribution in [0.1, 0.15) is 5.76 Å². The Morgan fingerprint density at radius 2 is 2.00 bits per heavy atom. The molecule has 5 heteroatoms. The van der Waals surface area contributed by atoms with Crippen LogP contribution in [-0.4, -0.2) is 14.5 Å². The van der Waals surface area contributed by atoms with Crippen molar-refractivity contribution in [3.05, 3.63) is 66.3 Å². The van der Waals surface area contributed by atoms with Crippen LogP contribution in [0.2, 0.25) is 0 Å². The van der Waals surface area contributed by atoms with Crippen molar-refractivity contribution in [3.8, 4) is 17.3 Å². The van der Waals surface area contributed by atoms with Gasteiger partial charge in [-0.1, -0.05) is 6.07 Å². The lowest BCUT2D eigenvalue weighted by Gasteiger charge is -2.07. The van der Waals surface area contributed by atoms with E-state index in [9.17, 15) is 4.39 Å². The summed E-state index contributed by atoms with van der Waals surface area (Å²) in [6.07, 6.45) is 1.69. The third-order valence-electron chi connectivity index (χ3n) is 3.44. The van der Waals surface area contributed by atoms with E-state index >= 15 is 0 Å². The van der Waals surface area contributed by atoms with Crippen molar-refractivity contribution in [1.29, 1.82) is 0 Å². The minimum absolute atomic E-state index is 0.308. The number of hydrogen-bond donors (Lipinski definition) is 0. The number of furan rings is 1. The topological polar surface area (TPSA) is 43.9 Å². The first-order chi connectivity index (χ1) is 10.7. The number of fused-ring (bicyclic) bond motifs is 1. The normalized spacial score (nSPS) is 11.2. The lowest BCUT2D eigenvalue weighted by atomic mass is 10.3. The third kappa shape index (κ3) is 1.98. The molecule has 0 atom stereocenters. The van der Waals surface area contributed by atoms with Crippen molar-refractivity contribution in [2.75, 3.05) is 0 Å². The van der Waals surface area contributed by atoms with Gasteiger partial charge in [-0.05, 0) is 49.4 Å². The molecule has 1 aromatic carbocycles. The van der Waals surface area contributed by atoms with Gasteiger partial charge in [0.05, 0.1) is 5.69 Å². The van der Waals surface area contributed by atoms with Crippen LogP contribution in [0.15, 0.2) is 59.1 Å². The van der Waals surface area contributed by atoms with E-state index in [-0.39, 0.29) is 5.82 Å². The number of aryl methyl sites for hydroxylation is 1. The molecule has 108 valence electrons. The van der Waals surface area contributed by atoms with E-state index in [1.807, 2.05) is 37.3 Å². The highest BCUT2D eigenvalue weighted by Gasteiger charge is 2.17. The fourth-order valence-corrected chi connectivity index (χ4v) is 2.49. The van der Waals surface area contributed by atoms with Crippen LogP contribution in [-0.2, 0) is 0 Å². The first kappa shape index (κ1) is 12.8. The Morgan fingerprint density at radius 3 is 2.77 bits per heavy atom. The summed E-state index contributed by atoms with van der Waals surface area (Å²) < 4.78 is 21.1. The average Bonchev–Trinajstić information content (AvgIpc) is 3.10. The quantitative estimate of drug-likeness (QED) is 0.558. The van der Waals surface area contributed by atoms with Gasteiger partial charge in [0.1, 0.15) is 17.1 Å². The summed E-state index contributed by atoms with van der Waals surface area (Å²) in [6, 6.07) is 13.8. The maximum absolute atomic E-state index is 13.6. The monoisotopic (exact) mass is 293 g/mol. The molecule has 3 aromatic heterocycles. The van der Waals surface area contributed by atoms with E-state index in [0.717, 1.165) is 11.3 Å². The Morgan fingerprint density at radius 1 is 1.09 bits per heavy atom. The fourth-order valence-electron chi connectivity index (χ4n) is 2.49. The van der Waals surface area contributed by atoms with Crippen LogP contribution in [0.4, 0.5) is 4.39 Å². The van der Waals surface area contributed by atoms with Gasteiger partial charge in [0.15, 0.2) is 17.2 Å². The number of hydrogen-bond acceptors (Lipinski definition) is 3. The van der Waals surface area contributed by atoms with E-state index in [2.05, 4.69) is 9.97 Å². The molecular formula is C17H12FN3O. The second-order valence-electron chi connectivity index (χ2n) is 5.01. The minimum atomic E-state index is -0.308. The largest absolute Gasteiger partial charge is 0.458 e. The number of pyridine rings is 1. The second-order valence-corrected chi connectivity index (χ2v) is 5.01. The number of aromatic nitrogens is 3. The molecule has 4 nitrogen and oxygen atoms in total. The predicted molar refractivity (Wildman–Crippen MR) is 81.3 cm³/mol. The highest BCUT2D eigenvalue weighted by atomic mass is 19.1. The second kappa shape index (κ2) is 4.80. The number of rotatable bonds is 2. The SMILES string of the molecule is Cc1ccc(-c2nc3cccnc3n2-c2cccc(F)c2)o1. The molecule has 0 N–H and O–H groups in total. The van der Waals surface area contributed by atoms with Gasteiger partial charge in [-0.2, -0.15) is 0 Å². The molecule has 3 heterocycles. The van der Waals surface area contributed by atoms with Gasteiger partial charge in [0.2, 0.25) is 0 Å². The van der Waals surface area contributed by atoms with Crippen LogP contribution in [0.5, 0.6) is 0 Å². The van der Waals surface area contributed by atoms with Crippen molar-refractivity contribution < 1.29 is 8.81 Å². The molecule has 0 spiro atoms. The third-order valence-corrected chi connectivity index (χ3v) is 3.44. The predicted octanol–water partition coefficient (Wildman–Crippen LogP) is 4.13. The summed E-state index contributed by atoms with van der Waals surface area (Å²) in [4.78, 5) is 8.96. The van der Waals surface area contributed by atoms with Gasteiger partial charge < -0.3 is 4.42 Å². The van der Waals surface area contributed by atoms with Gasteiger partial charge in [-0.15, -0.1) is 0 Å².